The monoisotopic (exact) mass is 401 g/mol. The van der Waals surface area contributed by atoms with E-state index in [1.807, 2.05) is 6.08 Å². The molecule has 0 saturated carbocycles. The summed E-state index contributed by atoms with van der Waals surface area (Å²) in [6, 6.07) is 2.69. The average molecular weight is 401 g/mol. The van der Waals surface area contributed by atoms with Crippen molar-refractivity contribution in [2.45, 2.75) is 56.8 Å². The Morgan fingerprint density at radius 3 is 2.32 bits per heavy atom. The van der Waals surface area contributed by atoms with Gasteiger partial charge in [0.2, 0.25) is 0 Å². The van der Waals surface area contributed by atoms with E-state index in [1.54, 1.807) is 0 Å². The second-order valence-corrected chi connectivity index (χ2v) is 6.39. The summed E-state index contributed by atoms with van der Waals surface area (Å²) < 4.78 is 42.5. The molecule has 156 valence electrons. The zero-order valence-corrected chi connectivity index (χ0v) is 15.8. The molecule has 0 aliphatic heterocycles. The van der Waals surface area contributed by atoms with Crippen LogP contribution in [0.2, 0.25) is 0 Å². The summed E-state index contributed by atoms with van der Waals surface area (Å²) in [6.45, 7) is 3.64. The number of rotatable bonds is 11. The number of methoxy groups -OCH3 is 1. The smallest absolute Gasteiger partial charge is 0.416 e. The third-order valence-corrected chi connectivity index (χ3v) is 4.26. The van der Waals surface area contributed by atoms with E-state index in [9.17, 15) is 27.9 Å². The lowest BCUT2D eigenvalue weighted by Crippen LogP contribution is -2.43. The van der Waals surface area contributed by atoms with Gasteiger partial charge >= 0.3 is 12.1 Å². The van der Waals surface area contributed by atoms with Crippen LogP contribution in [0, 0.1) is 0 Å². The quantitative estimate of drug-likeness (QED) is 0.335. The standard InChI is InChI=1S/C20H26F3NO4/c1-3-4-5-6-7-8-9-16(19(27)28-2)24-18(26)17(25)14-10-12-15(13-11-14)20(21,22)23/h3,10-13,16-17,25H,1,4-9H2,2H3,(H,24,26)/t16-,17-/m1/s1. The molecule has 0 saturated heterocycles. The summed E-state index contributed by atoms with van der Waals surface area (Å²) in [5.74, 6) is -1.51. The van der Waals surface area contributed by atoms with Crippen molar-refractivity contribution in [3.63, 3.8) is 0 Å². The summed E-state index contributed by atoms with van der Waals surface area (Å²) in [5.41, 5.74) is -0.883. The maximum atomic E-state index is 12.6. The first-order valence-electron chi connectivity index (χ1n) is 9.05. The molecule has 0 heterocycles. The number of carbonyl (C=O) groups excluding carboxylic acids is 2. The largest absolute Gasteiger partial charge is 0.467 e. The zero-order chi connectivity index (χ0) is 21.2. The number of alkyl halides is 3. The summed E-state index contributed by atoms with van der Waals surface area (Å²) in [4.78, 5) is 24.1. The van der Waals surface area contributed by atoms with Crippen LogP contribution in [0.5, 0.6) is 0 Å². The first kappa shape index (κ1) is 23.7. The highest BCUT2D eigenvalue weighted by molar-refractivity contribution is 5.87. The maximum Gasteiger partial charge on any atom is 0.416 e. The van der Waals surface area contributed by atoms with Crippen molar-refractivity contribution in [2.24, 2.45) is 0 Å². The van der Waals surface area contributed by atoms with Gasteiger partial charge in [-0.05, 0) is 37.0 Å². The van der Waals surface area contributed by atoms with Gasteiger partial charge in [0.15, 0.2) is 6.10 Å². The maximum absolute atomic E-state index is 12.6. The number of benzene rings is 1. The van der Waals surface area contributed by atoms with E-state index in [2.05, 4.69) is 16.6 Å². The Bertz CT molecular complexity index is 644. The molecule has 8 heteroatoms. The Morgan fingerprint density at radius 2 is 1.79 bits per heavy atom. The second kappa shape index (κ2) is 11.5. The molecule has 0 aliphatic carbocycles. The molecule has 0 unspecified atom stereocenters. The van der Waals surface area contributed by atoms with Gasteiger partial charge in [0.25, 0.3) is 5.91 Å². The predicted octanol–water partition coefficient (Wildman–Crippen LogP) is 3.92. The van der Waals surface area contributed by atoms with Crippen LogP contribution in [0.15, 0.2) is 36.9 Å². The van der Waals surface area contributed by atoms with Gasteiger partial charge in [-0.2, -0.15) is 13.2 Å². The molecule has 1 amide bonds. The number of nitrogens with one attached hydrogen (secondary N) is 1. The van der Waals surface area contributed by atoms with Crippen molar-refractivity contribution in [1.29, 1.82) is 0 Å². The average Bonchev–Trinajstić information content (AvgIpc) is 2.67. The van der Waals surface area contributed by atoms with Gasteiger partial charge in [0, 0.05) is 0 Å². The number of ether oxygens (including phenoxy) is 1. The van der Waals surface area contributed by atoms with Crippen molar-refractivity contribution in [3.05, 3.63) is 48.0 Å². The number of aliphatic hydroxyl groups excluding tert-OH is 1. The molecule has 0 bridgehead atoms. The van der Waals surface area contributed by atoms with Gasteiger partial charge in [-0.15, -0.1) is 6.58 Å². The minimum Gasteiger partial charge on any atom is -0.467 e. The molecule has 1 aromatic rings. The molecule has 0 spiro atoms. The highest BCUT2D eigenvalue weighted by atomic mass is 19.4. The summed E-state index contributed by atoms with van der Waals surface area (Å²) in [7, 11) is 1.19. The van der Waals surface area contributed by atoms with Crippen molar-refractivity contribution >= 4 is 11.9 Å². The lowest BCUT2D eigenvalue weighted by molar-refractivity contribution is -0.146. The highest BCUT2D eigenvalue weighted by Crippen LogP contribution is 2.30. The van der Waals surface area contributed by atoms with Crippen LogP contribution in [0.4, 0.5) is 13.2 Å². The number of esters is 1. The Balaban J connectivity index is 2.65. The number of halogens is 3. The molecule has 0 radical (unpaired) electrons. The van der Waals surface area contributed by atoms with Crippen LogP contribution in [-0.4, -0.2) is 30.1 Å². The normalized spacial score (nSPS) is 13.5. The van der Waals surface area contributed by atoms with Crippen LogP contribution in [0.1, 0.15) is 55.8 Å². The summed E-state index contributed by atoms with van der Waals surface area (Å²) >= 11 is 0. The number of allylic oxidation sites excluding steroid dienone is 1. The molecule has 2 atom stereocenters. The van der Waals surface area contributed by atoms with E-state index in [4.69, 9.17) is 0 Å². The number of aliphatic hydroxyl groups is 1. The fourth-order valence-electron chi connectivity index (χ4n) is 2.64. The summed E-state index contributed by atoms with van der Waals surface area (Å²) in [5, 5.41) is 12.5. The Kier molecular flexibility index (Phi) is 9.72. The highest BCUT2D eigenvalue weighted by Gasteiger charge is 2.31. The number of amides is 1. The molecular weight excluding hydrogens is 375 g/mol. The Morgan fingerprint density at radius 1 is 1.18 bits per heavy atom. The SMILES string of the molecule is C=CCCCCCC[C@@H](NC(=O)[C@H](O)c1ccc(C(F)(F)F)cc1)C(=O)OC. The lowest BCUT2D eigenvalue weighted by atomic mass is 10.0. The van der Waals surface area contributed by atoms with Gasteiger partial charge in [-0.3, -0.25) is 4.79 Å². The van der Waals surface area contributed by atoms with Crippen LogP contribution >= 0.6 is 0 Å². The minimum absolute atomic E-state index is 0.00135. The van der Waals surface area contributed by atoms with Gasteiger partial charge in [-0.1, -0.05) is 37.5 Å². The molecule has 5 nitrogen and oxygen atoms in total. The topological polar surface area (TPSA) is 75.6 Å². The van der Waals surface area contributed by atoms with Gasteiger partial charge in [0.05, 0.1) is 12.7 Å². The second-order valence-electron chi connectivity index (χ2n) is 6.39. The number of carbonyl (C=O) groups is 2. The van der Waals surface area contributed by atoms with E-state index in [-0.39, 0.29) is 5.56 Å². The minimum atomic E-state index is -4.51. The van der Waals surface area contributed by atoms with Crippen LogP contribution in [-0.2, 0) is 20.5 Å². The van der Waals surface area contributed by atoms with Gasteiger partial charge in [-0.25, -0.2) is 4.79 Å². The first-order valence-corrected chi connectivity index (χ1v) is 9.05. The predicted molar refractivity (Wildman–Crippen MR) is 98.2 cm³/mol. The molecule has 28 heavy (non-hydrogen) atoms. The molecular formula is C20H26F3NO4. The Hall–Kier alpha value is -2.35. The fourth-order valence-corrected chi connectivity index (χ4v) is 2.64. The third-order valence-electron chi connectivity index (χ3n) is 4.26. The van der Waals surface area contributed by atoms with Crippen molar-refractivity contribution in [1.82, 2.24) is 5.32 Å². The van der Waals surface area contributed by atoms with E-state index in [0.717, 1.165) is 49.9 Å². The van der Waals surface area contributed by atoms with E-state index in [0.29, 0.717) is 12.8 Å². The van der Waals surface area contributed by atoms with Crippen molar-refractivity contribution < 1.29 is 32.6 Å². The molecule has 1 rings (SSSR count). The first-order chi connectivity index (χ1) is 13.2. The van der Waals surface area contributed by atoms with Crippen LogP contribution in [0.25, 0.3) is 0 Å². The van der Waals surface area contributed by atoms with E-state index in [1.165, 1.54) is 7.11 Å². The molecule has 0 fully saturated rings. The molecule has 1 aromatic carbocycles. The molecule has 0 aromatic heterocycles. The molecule has 0 aliphatic rings. The molecule has 2 N–H and O–H groups in total. The van der Waals surface area contributed by atoms with E-state index < -0.39 is 35.8 Å². The summed E-state index contributed by atoms with van der Waals surface area (Å²) in [6.07, 6.45) is 0.373. The fraction of sp³-hybridized carbons (Fsp3) is 0.500. The van der Waals surface area contributed by atoms with Crippen LogP contribution < -0.4 is 5.32 Å². The Labute approximate surface area is 162 Å². The number of hydrogen-bond donors (Lipinski definition) is 2. The number of unbranched alkanes of at least 4 members (excludes halogenated alkanes) is 4. The van der Waals surface area contributed by atoms with Gasteiger partial charge < -0.3 is 15.2 Å². The zero-order valence-electron chi connectivity index (χ0n) is 15.8. The third kappa shape index (κ3) is 7.72. The van der Waals surface area contributed by atoms with E-state index >= 15 is 0 Å². The lowest BCUT2D eigenvalue weighted by Gasteiger charge is -2.19. The van der Waals surface area contributed by atoms with Crippen LogP contribution in [0.3, 0.4) is 0 Å². The van der Waals surface area contributed by atoms with Crippen molar-refractivity contribution in [2.75, 3.05) is 7.11 Å². The number of hydrogen-bond acceptors (Lipinski definition) is 4. The van der Waals surface area contributed by atoms with Crippen molar-refractivity contribution in [3.8, 4) is 0 Å². The van der Waals surface area contributed by atoms with Gasteiger partial charge in [0.1, 0.15) is 6.04 Å².